The molecule has 0 aromatic carbocycles. The van der Waals surface area contributed by atoms with Crippen LogP contribution in [-0.4, -0.2) is 15.2 Å². The van der Waals surface area contributed by atoms with Gasteiger partial charge in [0.05, 0.1) is 8.56 Å². The van der Waals surface area contributed by atoms with Gasteiger partial charge in [0, 0.05) is 6.61 Å². The normalized spacial score (nSPS) is 35.3. The van der Waals surface area contributed by atoms with Crippen LogP contribution >= 0.6 is 0 Å². The Morgan fingerprint density at radius 3 is 2.33 bits per heavy atom. The van der Waals surface area contributed by atoms with Crippen molar-refractivity contribution in [1.82, 2.24) is 0 Å². The van der Waals surface area contributed by atoms with Gasteiger partial charge in [-0.15, -0.1) is 0 Å². The first-order chi connectivity index (χ1) is 3.71. The average Bonchev–Trinajstić information content (AvgIpc) is 1.65. The number of rotatable bonds is 0. The molecule has 1 saturated heterocycles. The minimum Gasteiger partial charge on any atom is -0.838 e. The first-order valence-electron chi connectivity index (χ1n) is 3.05. The fourth-order valence-corrected chi connectivity index (χ4v) is 2.52. The van der Waals surface area contributed by atoms with E-state index in [4.69, 9.17) is 4.43 Å². The molecule has 1 aliphatic heterocycles. The molecule has 0 saturated carbocycles. The Hall–Kier alpha value is 1.77. The van der Waals surface area contributed by atoms with Gasteiger partial charge in [0.25, 0.3) is 0 Å². The van der Waals surface area contributed by atoms with Crippen LogP contribution in [0.15, 0.2) is 0 Å². The van der Waals surface area contributed by atoms with Crippen LogP contribution in [0.3, 0.4) is 0 Å². The summed E-state index contributed by atoms with van der Waals surface area (Å²) in [5.74, 6) is 0. The summed E-state index contributed by atoms with van der Waals surface area (Å²) in [6, 6.07) is 0.812. The van der Waals surface area contributed by atoms with Crippen molar-refractivity contribution in [3.63, 3.8) is 0 Å². The summed E-state index contributed by atoms with van der Waals surface area (Å²) in [5, 5.41) is 0. The summed E-state index contributed by atoms with van der Waals surface area (Å²) >= 11 is 0. The Labute approximate surface area is 99.7 Å². The second kappa shape index (κ2) is 4.61. The minimum atomic E-state index is -2.34. The Morgan fingerprint density at radius 2 is 2.11 bits per heavy atom. The third-order valence-electron chi connectivity index (χ3n) is 1.43. The predicted molar refractivity (Wildman–Crippen MR) is 31.6 cm³/mol. The van der Waals surface area contributed by atoms with E-state index in [1.54, 1.807) is 6.55 Å². The zero-order valence-corrected chi connectivity index (χ0v) is 10.3. The van der Waals surface area contributed by atoms with Gasteiger partial charge in [-0.3, -0.25) is 0 Å². The van der Waals surface area contributed by atoms with Gasteiger partial charge in [0.2, 0.25) is 0 Å². The summed E-state index contributed by atoms with van der Waals surface area (Å²) in [5.41, 5.74) is 0. The second-order valence-corrected chi connectivity index (χ2v) is 5.50. The molecule has 1 atom stereocenters. The summed E-state index contributed by atoms with van der Waals surface area (Å²) < 4.78 is 5.05. The van der Waals surface area contributed by atoms with Crippen LogP contribution in [0, 0.1) is 0 Å². The van der Waals surface area contributed by atoms with E-state index in [0.717, 1.165) is 18.9 Å². The third-order valence-corrected chi connectivity index (χ3v) is 3.51. The second-order valence-electron chi connectivity index (χ2n) is 2.44. The molecule has 0 spiro atoms. The summed E-state index contributed by atoms with van der Waals surface area (Å²) in [6.45, 7) is 2.46. The van der Waals surface area contributed by atoms with Crippen LogP contribution in [0.25, 0.3) is 0 Å². The molecule has 1 rings (SSSR count). The maximum absolute atomic E-state index is 11.0. The smallest absolute Gasteiger partial charge is 0.838 e. The molecule has 0 aliphatic carbocycles. The van der Waals surface area contributed by atoms with Crippen LogP contribution in [0.1, 0.15) is 12.8 Å². The molecule has 0 aromatic heterocycles. The van der Waals surface area contributed by atoms with E-state index in [2.05, 4.69) is 0 Å². The topological polar surface area (TPSA) is 32.3 Å². The minimum absolute atomic E-state index is 0. The molecule has 1 fully saturated rings. The molecular formula is C5H11KO2Si. The van der Waals surface area contributed by atoms with E-state index in [0.29, 0.717) is 6.61 Å². The molecule has 1 aliphatic rings. The van der Waals surface area contributed by atoms with Crippen LogP contribution in [0.5, 0.6) is 0 Å². The molecule has 9 heavy (non-hydrogen) atoms. The van der Waals surface area contributed by atoms with Crippen LogP contribution in [0.4, 0.5) is 0 Å². The quantitative estimate of drug-likeness (QED) is 0.369. The molecule has 1 heterocycles. The fraction of sp³-hybridized carbons (Fsp3) is 1.00. The first kappa shape index (κ1) is 10.8. The zero-order valence-electron chi connectivity index (χ0n) is 6.14. The summed E-state index contributed by atoms with van der Waals surface area (Å²) in [4.78, 5) is 11.0. The van der Waals surface area contributed by atoms with Crippen molar-refractivity contribution in [3.05, 3.63) is 0 Å². The largest absolute Gasteiger partial charge is 1.00 e. The maximum atomic E-state index is 11.0. The van der Waals surface area contributed by atoms with Crippen molar-refractivity contribution >= 4 is 8.56 Å². The standard InChI is InChI=1S/C5H11O2Si.K/c1-8(6)5-3-2-4-7-8;/h2-5H2,1H3;/q-1;+1. The Bertz CT molecular complexity index is 79.0. The molecule has 0 radical (unpaired) electrons. The van der Waals surface area contributed by atoms with Crippen molar-refractivity contribution in [1.29, 1.82) is 0 Å². The van der Waals surface area contributed by atoms with E-state index in [9.17, 15) is 4.80 Å². The fourth-order valence-electron chi connectivity index (χ4n) is 0.908. The van der Waals surface area contributed by atoms with Gasteiger partial charge in [-0.1, -0.05) is 13.0 Å². The van der Waals surface area contributed by atoms with Gasteiger partial charge in [0.15, 0.2) is 0 Å². The third kappa shape index (κ3) is 4.26. The van der Waals surface area contributed by atoms with E-state index < -0.39 is 8.56 Å². The molecule has 48 valence electrons. The van der Waals surface area contributed by atoms with Crippen molar-refractivity contribution in [3.8, 4) is 0 Å². The molecule has 2 nitrogen and oxygen atoms in total. The monoisotopic (exact) mass is 170 g/mol. The Kier molecular flexibility index (Phi) is 5.52. The first-order valence-corrected chi connectivity index (χ1v) is 5.57. The van der Waals surface area contributed by atoms with Gasteiger partial charge in [-0.25, -0.2) is 0 Å². The summed E-state index contributed by atoms with van der Waals surface area (Å²) in [7, 11) is -2.34. The predicted octanol–water partition coefficient (Wildman–Crippen LogP) is -2.77. The van der Waals surface area contributed by atoms with Crippen molar-refractivity contribution in [2.75, 3.05) is 6.61 Å². The maximum Gasteiger partial charge on any atom is 1.00 e. The number of hydrogen-bond donors (Lipinski definition) is 0. The molecule has 0 bridgehead atoms. The van der Waals surface area contributed by atoms with E-state index in [1.165, 1.54) is 0 Å². The van der Waals surface area contributed by atoms with Crippen LogP contribution in [0.2, 0.25) is 12.6 Å². The Balaban J connectivity index is 0.000000640. The van der Waals surface area contributed by atoms with Gasteiger partial charge in [-0.2, -0.15) is 0 Å². The van der Waals surface area contributed by atoms with Crippen molar-refractivity contribution in [2.24, 2.45) is 0 Å². The van der Waals surface area contributed by atoms with Gasteiger partial charge in [-0.05, 0) is 12.5 Å². The summed E-state index contributed by atoms with van der Waals surface area (Å²) in [6.07, 6.45) is 2.18. The zero-order chi connectivity index (χ0) is 6.04. The van der Waals surface area contributed by atoms with Crippen LogP contribution in [-0.2, 0) is 4.43 Å². The molecule has 0 amide bonds. The van der Waals surface area contributed by atoms with Crippen molar-refractivity contribution in [2.45, 2.75) is 25.4 Å². The van der Waals surface area contributed by atoms with Crippen LogP contribution < -0.4 is 56.2 Å². The molecule has 0 aromatic rings. The SMILES string of the molecule is C[Si]1([O-])CCCCO1.[K+]. The average molecular weight is 170 g/mol. The van der Waals surface area contributed by atoms with Gasteiger partial charge >= 0.3 is 51.4 Å². The molecule has 4 heteroatoms. The van der Waals surface area contributed by atoms with Gasteiger partial charge in [0.1, 0.15) is 0 Å². The van der Waals surface area contributed by atoms with Crippen molar-refractivity contribution < 1.29 is 60.6 Å². The van der Waals surface area contributed by atoms with E-state index >= 15 is 0 Å². The van der Waals surface area contributed by atoms with Gasteiger partial charge < -0.3 is 9.22 Å². The number of hydrogen-bond acceptors (Lipinski definition) is 2. The van der Waals surface area contributed by atoms with E-state index in [1.807, 2.05) is 0 Å². The van der Waals surface area contributed by atoms with E-state index in [-0.39, 0.29) is 51.4 Å². The Morgan fingerprint density at radius 1 is 1.44 bits per heavy atom. The molecule has 0 N–H and O–H groups in total. The molecular weight excluding hydrogens is 159 g/mol. The molecule has 1 unspecified atom stereocenters.